The van der Waals surface area contributed by atoms with Crippen molar-refractivity contribution in [1.82, 2.24) is 0 Å². The predicted octanol–water partition coefficient (Wildman–Crippen LogP) is 3.19. The minimum Gasteiger partial charge on any atom is -0.469 e. The maximum absolute atomic E-state index is 12.3. The van der Waals surface area contributed by atoms with Crippen molar-refractivity contribution in [3.05, 3.63) is 0 Å². The van der Waals surface area contributed by atoms with Gasteiger partial charge in [-0.3, -0.25) is 9.59 Å². The summed E-state index contributed by atoms with van der Waals surface area (Å²) < 4.78 is 10.4. The summed E-state index contributed by atoms with van der Waals surface area (Å²) >= 11 is 0. The average Bonchev–Trinajstić information content (AvgIpc) is 2.49. The molecule has 4 aliphatic carbocycles. The molecule has 4 bridgehead atoms. The standard InChI is InChI=1S/C18H28O4/c1-11(16(19)21-3)12(2)17(20)22-10-18-7-13-4-14(8-18)6-15(5-13)9-18/h11-15H,4-10H2,1-3H3. The fourth-order valence-corrected chi connectivity index (χ4v) is 5.42. The van der Waals surface area contributed by atoms with E-state index in [2.05, 4.69) is 0 Å². The second kappa shape index (κ2) is 5.86. The Bertz CT molecular complexity index is 421. The fourth-order valence-electron chi connectivity index (χ4n) is 5.42. The lowest BCUT2D eigenvalue weighted by molar-refractivity contribution is -0.165. The molecule has 2 unspecified atom stereocenters. The Balaban J connectivity index is 1.56. The zero-order valence-electron chi connectivity index (χ0n) is 14.0. The maximum Gasteiger partial charge on any atom is 0.309 e. The number of esters is 2. The molecular formula is C18H28O4. The van der Waals surface area contributed by atoms with Gasteiger partial charge in [-0.25, -0.2) is 0 Å². The summed E-state index contributed by atoms with van der Waals surface area (Å²) in [6.07, 6.45) is 7.86. The minimum absolute atomic E-state index is 0.235. The lowest BCUT2D eigenvalue weighted by Crippen LogP contribution is -2.48. The quantitative estimate of drug-likeness (QED) is 0.732. The molecule has 4 nitrogen and oxygen atoms in total. The SMILES string of the molecule is COC(=O)C(C)C(C)C(=O)OCC12CC3CC(CC(C3)C1)C2. The lowest BCUT2D eigenvalue weighted by Gasteiger charge is -2.56. The van der Waals surface area contributed by atoms with E-state index in [1.165, 1.54) is 45.6 Å². The molecule has 0 N–H and O–H groups in total. The normalized spacial score (nSPS) is 38.4. The number of hydrogen-bond acceptors (Lipinski definition) is 4. The van der Waals surface area contributed by atoms with Gasteiger partial charge < -0.3 is 9.47 Å². The maximum atomic E-state index is 12.3. The molecule has 4 rings (SSSR count). The third-order valence-electron chi connectivity index (χ3n) is 6.38. The van der Waals surface area contributed by atoms with E-state index in [-0.39, 0.29) is 17.4 Å². The van der Waals surface area contributed by atoms with Crippen LogP contribution in [0.2, 0.25) is 0 Å². The van der Waals surface area contributed by atoms with Crippen molar-refractivity contribution in [3.63, 3.8) is 0 Å². The van der Waals surface area contributed by atoms with E-state index in [9.17, 15) is 9.59 Å². The van der Waals surface area contributed by atoms with Crippen molar-refractivity contribution in [2.75, 3.05) is 13.7 Å². The van der Waals surface area contributed by atoms with E-state index in [1.807, 2.05) is 0 Å². The summed E-state index contributed by atoms with van der Waals surface area (Å²) in [6.45, 7) is 4.03. The zero-order chi connectivity index (χ0) is 15.9. The van der Waals surface area contributed by atoms with E-state index in [0.29, 0.717) is 6.61 Å². The lowest BCUT2D eigenvalue weighted by atomic mass is 9.50. The highest BCUT2D eigenvalue weighted by Gasteiger charge is 2.51. The van der Waals surface area contributed by atoms with Crippen molar-refractivity contribution in [2.24, 2.45) is 35.0 Å². The summed E-state index contributed by atoms with van der Waals surface area (Å²) in [6, 6.07) is 0. The van der Waals surface area contributed by atoms with Gasteiger partial charge in [0.2, 0.25) is 0 Å². The molecule has 0 aromatic carbocycles. The second-order valence-electron chi connectivity index (χ2n) is 8.13. The Hall–Kier alpha value is -1.06. The molecule has 124 valence electrons. The van der Waals surface area contributed by atoms with Crippen LogP contribution in [0.1, 0.15) is 52.4 Å². The van der Waals surface area contributed by atoms with Crippen LogP contribution < -0.4 is 0 Å². The van der Waals surface area contributed by atoms with Crippen LogP contribution >= 0.6 is 0 Å². The molecule has 4 heteroatoms. The van der Waals surface area contributed by atoms with E-state index in [1.54, 1.807) is 13.8 Å². The highest BCUT2D eigenvalue weighted by atomic mass is 16.5. The molecule has 0 aromatic heterocycles. The van der Waals surface area contributed by atoms with E-state index in [0.717, 1.165) is 17.8 Å². The molecule has 0 aliphatic heterocycles. The number of methoxy groups -OCH3 is 1. The van der Waals surface area contributed by atoms with Crippen molar-refractivity contribution in [1.29, 1.82) is 0 Å². The summed E-state index contributed by atoms with van der Waals surface area (Å²) in [7, 11) is 1.35. The molecule has 0 heterocycles. The third kappa shape index (κ3) is 2.89. The molecule has 0 spiro atoms. The van der Waals surface area contributed by atoms with Gasteiger partial charge in [0.1, 0.15) is 0 Å². The van der Waals surface area contributed by atoms with Gasteiger partial charge in [-0.2, -0.15) is 0 Å². The Morgan fingerprint density at radius 2 is 1.41 bits per heavy atom. The van der Waals surface area contributed by atoms with Gasteiger partial charge in [0.05, 0.1) is 25.6 Å². The number of carbonyl (C=O) groups is 2. The van der Waals surface area contributed by atoms with Crippen molar-refractivity contribution >= 4 is 11.9 Å². The first-order valence-electron chi connectivity index (χ1n) is 8.67. The Morgan fingerprint density at radius 1 is 0.955 bits per heavy atom. The molecule has 2 atom stereocenters. The van der Waals surface area contributed by atoms with Crippen molar-refractivity contribution in [2.45, 2.75) is 52.4 Å². The summed E-state index contributed by atoms with van der Waals surface area (Å²) in [5.74, 6) is 1.08. The van der Waals surface area contributed by atoms with Gasteiger partial charge in [-0.05, 0) is 56.3 Å². The topological polar surface area (TPSA) is 52.6 Å². The molecule has 0 radical (unpaired) electrons. The van der Waals surface area contributed by atoms with Gasteiger partial charge in [0.25, 0.3) is 0 Å². The van der Waals surface area contributed by atoms with E-state index < -0.39 is 11.8 Å². The van der Waals surface area contributed by atoms with Crippen LogP contribution in [0.5, 0.6) is 0 Å². The smallest absolute Gasteiger partial charge is 0.309 e. The van der Waals surface area contributed by atoms with Crippen LogP contribution in [0.15, 0.2) is 0 Å². The van der Waals surface area contributed by atoms with Gasteiger partial charge in [0, 0.05) is 5.41 Å². The Kier molecular flexibility index (Phi) is 4.21. The van der Waals surface area contributed by atoms with Crippen molar-refractivity contribution in [3.8, 4) is 0 Å². The molecular weight excluding hydrogens is 280 g/mol. The molecule has 0 amide bonds. The van der Waals surface area contributed by atoms with Crippen LogP contribution in [-0.2, 0) is 19.1 Å². The highest BCUT2D eigenvalue weighted by molar-refractivity contribution is 5.81. The molecule has 0 saturated heterocycles. The molecule has 22 heavy (non-hydrogen) atoms. The summed E-state index contributed by atoms with van der Waals surface area (Å²) in [4.78, 5) is 23.8. The monoisotopic (exact) mass is 308 g/mol. The highest BCUT2D eigenvalue weighted by Crippen LogP contribution is 2.60. The summed E-state index contributed by atoms with van der Waals surface area (Å²) in [5, 5.41) is 0. The third-order valence-corrected chi connectivity index (χ3v) is 6.38. The first-order chi connectivity index (χ1) is 10.4. The van der Waals surface area contributed by atoms with Gasteiger partial charge in [-0.15, -0.1) is 0 Å². The van der Waals surface area contributed by atoms with Gasteiger partial charge in [-0.1, -0.05) is 13.8 Å². The molecule has 0 aromatic rings. The second-order valence-corrected chi connectivity index (χ2v) is 8.13. The van der Waals surface area contributed by atoms with Gasteiger partial charge in [0.15, 0.2) is 0 Å². The Morgan fingerprint density at radius 3 is 1.86 bits per heavy atom. The van der Waals surface area contributed by atoms with Crippen LogP contribution in [-0.4, -0.2) is 25.7 Å². The first kappa shape index (κ1) is 15.8. The number of ether oxygens (including phenoxy) is 2. The average molecular weight is 308 g/mol. The van der Waals surface area contributed by atoms with Crippen LogP contribution in [0.25, 0.3) is 0 Å². The van der Waals surface area contributed by atoms with E-state index >= 15 is 0 Å². The number of hydrogen-bond donors (Lipinski definition) is 0. The van der Waals surface area contributed by atoms with E-state index in [4.69, 9.17) is 9.47 Å². The molecule has 4 aliphatic rings. The van der Waals surface area contributed by atoms with Crippen molar-refractivity contribution < 1.29 is 19.1 Å². The largest absolute Gasteiger partial charge is 0.469 e. The zero-order valence-corrected chi connectivity index (χ0v) is 14.0. The van der Waals surface area contributed by atoms with Crippen LogP contribution in [0.3, 0.4) is 0 Å². The number of carbonyl (C=O) groups excluding carboxylic acids is 2. The minimum atomic E-state index is -0.450. The predicted molar refractivity (Wildman–Crippen MR) is 81.9 cm³/mol. The fraction of sp³-hybridized carbons (Fsp3) is 0.889. The number of rotatable bonds is 5. The summed E-state index contributed by atoms with van der Waals surface area (Å²) in [5.41, 5.74) is 0.235. The van der Waals surface area contributed by atoms with Crippen LogP contribution in [0, 0.1) is 35.0 Å². The molecule has 4 fully saturated rings. The molecule has 4 saturated carbocycles. The van der Waals surface area contributed by atoms with Gasteiger partial charge >= 0.3 is 11.9 Å². The first-order valence-corrected chi connectivity index (χ1v) is 8.67. The Labute approximate surface area is 132 Å². The van der Waals surface area contributed by atoms with Crippen LogP contribution in [0.4, 0.5) is 0 Å².